The molecule has 0 aromatic heterocycles. The maximum absolute atomic E-state index is 4.28. The first-order chi connectivity index (χ1) is 5.47. The van der Waals surface area contributed by atoms with Crippen molar-refractivity contribution >= 4 is 12.4 Å². The molecular formula is C9H10N2. The van der Waals surface area contributed by atoms with Crippen LogP contribution in [0.4, 0.5) is 0 Å². The van der Waals surface area contributed by atoms with Crippen LogP contribution in [0.2, 0.25) is 0 Å². The molecule has 1 aliphatic carbocycles. The van der Waals surface area contributed by atoms with E-state index in [1.807, 2.05) is 0 Å². The molecule has 0 aromatic carbocycles. The highest BCUT2D eigenvalue weighted by atomic mass is 14.8. The summed E-state index contributed by atoms with van der Waals surface area (Å²) in [6, 6.07) is 0. The lowest BCUT2D eigenvalue weighted by Gasteiger charge is -2.13. The smallest absolute Gasteiger partial charge is 0.0476 e. The molecular weight excluding hydrogens is 136 g/mol. The van der Waals surface area contributed by atoms with Crippen molar-refractivity contribution in [2.75, 3.05) is 6.54 Å². The van der Waals surface area contributed by atoms with Crippen LogP contribution in [-0.2, 0) is 0 Å². The lowest BCUT2D eigenvalue weighted by Crippen LogP contribution is -2.06. The molecule has 0 radical (unpaired) electrons. The maximum atomic E-state index is 4.28. The van der Waals surface area contributed by atoms with Crippen LogP contribution < -0.4 is 0 Å². The van der Waals surface area contributed by atoms with Crippen molar-refractivity contribution in [2.24, 2.45) is 15.9 Å². The van der Waals surface area contributed by atoms with Crippen LogP contribution in [0.25, 0.3) is 0 Å². The third-order valence-corrected chi connectivity index (χ3v) is 1.96. The molecule has 1 heterocycles. The molecule has 1 atom stereocenters. The summed E-state index contributed by atoms with van der Waals surface area (Å²) in [5, 5.41) is 0. The van der Waals surface area contributed by atoms with Gasteiger partial charge in [0.1, 0.15) is 0 Å². The van der Waals surface area contributed by atoms with Crippen LogP contribution in [-0.4, -0.2) is 19.0 Å². The highest BCUT2D eigenvalue weighted by molar-refractivity contribution is 6.16. The number of hydrogen-bond donors (Lipinski definition) is 0. The van der Waals surface area contributed by atoms with E-state index in [9.17, 15) is 0 Å². The van der Waals surface area contributed by atoms with Gasteiger partial charge in [0.15, 0.2) is 0 Å². The first-order valence-electron chi connectivity index (χ1n) is 3.86. The molecule has 0 aromatic rings. The van der Waals surface area contributed by atoms with Gasteiger partial charge in [0.2, 0.25) is 0 Å². The number of aliphatic imine (C=N–C) groups is 2. The Kier molecular flexibility index (Phi) is 1.68. The molecule has 56 valence electrons. The fraction of sp³-hybridized carbons (Fsp3) is 0.333. The van der Waals surface area contributed by atoms with Crippen LogP contribution in [0.3, 0.4) is 0 Å². The Morgan fingerprint density at radius 2 is 2.36 bits per heavy atom. The van der Waals surface area contributed by atoms with Crippen LogP contribution in [0.15, 0.2) is 33.9 Å². The van der Waals surface area contributed by atoms with E-state index < -0.39 is 0 Å². The molecule has 0 N–H and O–H groups in total. The minimum Gasteiger partial charge on any atom is -0.291 e. The van der Waals surface area contributed by atoms with E-state index in [1.165, 1.54) is 5.70 Å². The highest BCUT2D eigenvalue weighted by Gasteiger charge is 2.14. The Hall–Kier alpha value is -1.18. The largest absolute Gasteiger partial charge is 0.291 e. The van der Waals surface area contributed by atoms with Crippen molar-refractivity contribution in [2.45, 2.75) is 6.42 Å². The molecule has 1 aliphatic heterocycles. The van der Waals surface area contributed by atoms with Crippen molar-refractivity contribution < 1.29 is 0 Å². The topological polar surface area (TPSA) is 24.7 Å². The van der Waals surface area contributed by atoms with Crippen molar-refractivity contribution in [3.63, 3.8) is 0 Å². The van der Waals surface area contributed by atoms with Crippen LogP contribution >= 0.6 is 0 Å². The van der Waals surface area contributed by atoms with E-state index in [2.05, 4.69) is 28.2 Å². The van der Waals surface area contributed by atoms with E-state index in [-0.39, 0.29) is 0 Å². The minimum atomic E-state index is 0.523. The molecule has 2 aliphatic rings. The fourth-order valence-electron chi connectivity index (χ4n) is 1.34. The van der Waals surface area contributed by atoms with Gasteiger partial charge < -0.3 is 0 Å². The van der Waals surface area contributed by atoms with Gasteiger partial charge in [-0.25, -0.2) is 0 Å². The Bertz CT molecular complexity index is 257. The van der Waals surface area contributed by atoms with Crippen LogP contribution in [0.1, 0.15) is 6.42 Å². The summed E-state index contributed by atoms with van der Waals surface area (Å²) in [6.45, 7) is 0.885. The minimum absolute atomic E-state index is 0.523. The predicted molar refractivity (Wildman–Crippen MR) is 47.2 cm³/mol. The van der Waals surface area contributed by atoms with E-state index in [0.29, 0.717) is 5.92 Å². The van der Waals surface area contributed by atoms with Gasteiger partial charge in [-0.05, 0) is 12.5 Å². The standard InChI is InChI=1S/C9H10N2/c1-2-4-9-8(3-1)7-10-5-6-11-9/h1-2,4-6,8H,3,7H2. The second kappa shape index (κ2) is 2.82. The first-order valence-corrected chi connectivity index (χ1v) is 3.86. The summed E-state index contributed by atoms with van der Waals surface area (Å²) in [4.78, 5) is 8.49. The average molecular weight is 146 g/mol. The van der Waals surface area contributed by atoms with E-state index >= 15 is 0 Å². The van der Waals surface area contributed by atoms with Crippen molar-refractivity contribution in [3.8, 4) is 0 Å². The maximum Gasteiger partial charge on any atom is 0.0476 e. The summed E-state index contributed by atoms with van der Waals surface area (Å²) in [5.41, 5.74) is 1.17. The number of fused-ring (bicyclic) bond motifs is 1. The van der Waals surface area contributed by atoms with E-state index in [4.69, 9.17) is 0 Å². The third-order valence-electron chi connectivity index (χ3n) is 1.96. The second-order valence-corrected chi connectivity index (χ2v) is 2.74. The number of rotatable bonds is 0. The van der Waals surface area contributed by atoms with Crippen molar-refractivity contribution in [1.82, 2.24) is 0 Å². The molecule has 0 spiro atoms. The van der Waals surface area contributed by atoms with E-state index in [0.717, 1.165) is 13.0 Å². The summed E-state index contributed by atoms with van der Waals surface area (Å²) < 4.78 is 0. The van der Waals surface area contributed by atoms with Gasteiger partial charge in [-0.3, -0.25) is 9.98 Å². The number of nitrogens with zero attached hydrogens (tertiary/aromatic N) is 2. The van der Waals surface area contributed by atoms with Gasteiger partial charge in [-0.2, -0.15) is 0 Å². The molecule has 0 fully saturated rings. The predicted octanol–water partition coefficient (Wildman–Crippen LogP) is 1.60. The summed E-state index contributed by atoms with van der Waals surface area (Å²) >= 11 is 0. The lowest BCUT2D eigenvalue weighted by molar-refractivity contribution is 0.628. The van der Waals surface area contributed by atoms with Gasteiger partial charge in [0.25, 0.3) is 0 Å². The highest BCUT2D eigenvalue weighted by Crippen LogP contribution is 2.22. The molecule has 11 heavy (non-hydrogen) atoms. The molecule has 2 rings (SSSR count). The number of hydrogen-bond acceptors (Lipinski definition) is 2. The average Bonchev–Trinajstić information content (AvgIpc) is 2.28. The zero-order valence-corrected chi connectivity index (χ0v) is 6.27. The summed E-state index contributed by atoms with van der Waals surface area (Å²) in [7, 11) is 0. The van der Waals surface area contributed by atoms with Gasteiger partial charge in [-0.1, -0.05) is 12.2 Å². The van der Waals surface area contributed by atoms with Gasteiger partial charge in [0, 0.05) is 30.6 Å². The Morgan fingerprint density at radius 3 is 3.36 bits per heavy atom. The molecule has 0 saturated carbocycles. The summed E-state index contributed by atoms with van der Waals surface area (Å²) in [5.74, 6) is 0.523. The number of allylic oxidation sites excluding steroid dienone is 3. The van der Waals surface area contributed by atoms with Crippen molar-refractivity contribution in [1.29, 1.82) is 0 Å². The second-order valence-electron chi connectivity index (χ2n) is 2.74. The molecule has 0 amide bonds. The monoisotopic (exact) mass is 146 g/mol. The molecule has 0 saturated heterocycles. The first kappa shape index (κ1) is 6.53. The fourth-order valence-corrected chi connectivity index (χ4v) is 1.34. The molecule has 2 heteroatoms. The normalized spacial score (nSPS) is 27.6. The van der Waals surface area contributed by atoms with Crippen LogP contribution in [0, 0.1) is 5.92 Å². The molecule has 0 bridgehead atoms. The Morgan fingerprint density at radius 1 is 1.36 bits per heavy atom. The Balaban J connectivity index is 2.27. The Labute approximate surface area is 66.1 Å². The van der Waals surface area contributed by atoms with Crippen LogP contribution in [0.5, 0.6) is 0 Å². The van der Waals surface area contributed by atoms with E-state index in [1.54, 1.807) is 12.4 Å². The van der Waals surface area contributed by atoms with Gasteiger partial charge in [0.05, 0.1) is 0 Å². The molecule has 2 nitrogen and oxygen atoms in total. The zero-order chi connectivity index (χ0) is 7.52. The van der Waals surface area contributed by atoms with Gasteiger partial charge in [-0.15, -0.1) is 0 Å². The third kappa shape index (κ3) is 1.29. The lowest BCUT2D eigenvalue weighted by atomic mass is 9.97. The molecule has 1 unspecified atom stereocenters. The van der Waals surface area contributed by atoms with Gasteiger partial charge >= 0.3 is 0 Å². The quantitative estimate of drug-likeness (QED) is 0.496. The van der Waals surface area contributed by atoms with Crippen molar-refractivity contribution in [3.05, 3.63) is 23.9 Å². The SMILES string of the molecule is C1=CCC2CN=CC=NC2=C1. The zero-order valence-electron chi connectivity index (χ0n) is 6.27. The summed E-state index contributed by atoms with van der Waals surface area (Å²) in [6.07, 6.45) is 10.9.